The zero-order valence-corrected chi connectivity index (χ0v) is 17.4. The number of methoxy groups -OCH3 is 2. The molecule has 2 amide bonds. The van der Waals surface area contributed by atoms with Crippen LogP contribution in [0.5, 0.6) is 11.5 Å². The number of aryl methyl sites for hydroxylation is 1. The summed E-state index contributed by atoms with van der Waals surface area (Å²) < 4.78 is 10.7. The van der Waals surface area contributed by atoms with Crippen molar-refractivity contribution in [2.45, 2.75) is 31.7 Å². The molecule has 0 aromatic heterocycles. The molecule has 2 aliphatic rings. The van der Waals surface area contributed by atoms with E-state index in [9.17, 15) is 9.59 Å². The molecule has 2 fully saturated rings. The van der Waals surface area contributed by atoms with Gasteiger partial charge in [-0.2, -0.15) is 0 Å². The number of piperazine rings is 1. The number of ether oxygens (including phenoxy) is 2. The zero-order valence-electron chi connectivity index (χ0n) is 16.6. The SMILES string of the molecule is COc1ccc(OC)c(CCC(=O)N2CCCC(N3CCNCC3=O)C2)c1.Cl. The average Bonchev–Trinajstić information content (AvgIpc) is 2.72. The predicted octanol–water partition coefficient (Wildman–Crippen LogP) is 1.48. The van der Waals surface area contributed by atoms with Crippen LogP contribution < -0.4 is 14.8 Å². The molecule has 0 bridgehead atoms. The van der Waals surface area contributed by atoms with Crippen LogP contribution in [0.2, 0.25) is 0 Å². The molecule has 3 rings (SSSR count). The smallest absolute Gasteiger partial charge is 0.236 e. The van der Waals surface area contributed by atoms with Crippen molar-refractivity contribution in [1.82, 2.24) is 15.1 Å². The van der Waals surface area contributed by atoms with E-state index in [2.05, 4.69) is 5.32 Å². The summed E-state index contributed by atoms with van der Waals surface area (Å²) in [6.07, 6.45) is 2.94. The maximum absolute atomic E-state index is 12.8. The molecular weight excluding hydrogens is 382 g/mol. The second-order valence-electron chi connectivity index (χ2n) is 7.08. The third-order valence-corrected chi connectivity index (χ3v) is 5.41. The van der Waals surface area contributed by atoms with Crippen molar-refractivity contribution >= 4 is 24.2 Å². The van der Waals surface area contributed by atoms with Crippen molar-refractivity contribution in [1.29, 1.82) is 0 Å². The van der Waals surface area contributed by atoms with E-state index in [0.29, 0.717) is 25.9 Å². The number of piperidine rings is 1. The van der Waals surface area contributed by atoms with E-state index < -0.39 is 0 Å². The van der Waals surface area contributed by atoms with Crippen molar-refractivity contribution in [2.24, 2.45) is 0 Å². The third-order valence-electron chi connectivity index (χ3n) is 5.41. The number of amides is 2. The average molecular weight is 412 g/mol. The Morgan fingerprint density at radius 2 is 2.07 bits per heavy atom. The molecule has 1 N–H and O–H groups in total. The Morgan fingerprint density at radius 1 is 1.25 bits per heavy atom. The summed E-state index contributed by atoms with van der Waals surface area (Å²) in [6.45, 7) is 3.36. The normalized spacial score (nSPS) is 19.8. The molecule has 2 saturated heterocycles. The van der Waals surface area contributed by atoms with E-state index in [1.807, 2.05) is 28.0 Å². The van der Waals surface area contributed by atoms with Gasteiger partial charge in [0.05, 0.1) is 20.8 Å². The van der Waals surface area contributed by atoms with Crippen LogP contribution in [-0.4, -0.2) is 74.6 Å². The van der Waals surface area contributed by atoms with Gasteiger partial charge in [0.15, 0.2) is 0 Å². The number of carbonyl (C=O) groups is 2. The summed E-state index contributed by atoms with van der Waals surface area (Å²) in [5.41, 5.74) is 0.969. The lowest BCUT2D eigenvalue weighted by Gasteiger charge is -2.41. The Bertz CT molecular complexity index is 685. The van der Waals surface area contributed by atoms with Crippen LogP contribution >= 0.6 is 12.4 Å². The minimum atomic E-state index is 0. The van der Waals surface area contributed by atoms with Crippen molar-refractivity contribution in [2.75, 3.05) is 46.9 Å². The topological polar surface area (TPSA) is 71.1 Å². The number of rotatable bonds is 6. The zero-order chi connectivity index (χ0) is 19.2. The number of hydrogen-bond donors (Lipinski definition) is 1. The van der Waals surface area contributed by atoms with Crippen LogP contribution in [0.25, 0.3) is 0 Å². The molecule has 1 unspecified atom stereocenters. The van der Waals surface area contributed by atoms with Gasteiger partial charge >= 0.3 is 0 Å². The molecule has 156 valence electrons. The second kappa shape index (κ2) is 10.5. The number of benzene rings is 1. The second-order valence-corrected chi connectivity index (χ2v) is 7.08. The van der Waals surface area contributed by atoms with Crippen molar-refractivity contribution in [3.63, 3.8) is 0 Å². The van der Waals surface area contributed by atoms with E-state index >= 15 is 0 Å². The Labute approximate surface area is 172 Å². The highest BCUT2D eigenvalue weighted by atomic mass is 35.5. The molecule has 2 heterocycles. The van der Waals surface area contributed by atoms with Gasteiger partial charge in [0.2, 0.25) is 11.8 Å². The number of nitrogens with zero attached hydrogens (tertiary/aromatic N) is 2. The maximum Gasteiger partial charge on any atom is 0.236 e. The van der Waals surface area contributed by atoms with Crippen molar-refractivity contribution < 1.29 is 19.1 Å². The third kappa shape index (κ3) is 5.29. The van der Waals surface area contributed by atoms with E-state index in [-0.39, 0.29) is 30.3 Å². The van der Waals surface area contributed by atoms with Crippen molar-refractivity contribution in [3.8, 4) is 11.5 Å². The minimum Gasteiger partial charge on any atom is -0.497 e. The predicted molar refractivity (Wildman–Crippen MR) is 109 cm³/mol. The summed E-state index contributed by atoms with van der Waals surface area (Å²) in [5, 5.41) is 3.10. The van der Waals surface area contributed by atoms with E-state index in [1.165, 1.54) is 0 Å². The van der Waals surface area contributed by atoms with Crippen LogP contribution in [0.3, 0.4) is 0 Å². The lowest BCUT2D eigenvalue weighted by molar-refractivity contribution is -0.140. The van der Waals surface area contributed by atoms with Gasteiger partial charge in [-0.25, -0.2) is 0 Å². The number of hydrogen-bond acceptors (Lipinski definition) is 5. The fourth-order valence-corrected chi connectivity index (χ4v) is 3.92. The molecule has 1 aromatic carbocycles. The summed E-state index contributed by atoms with van der Waals surface area (Å²) in [5.74, 6) is 1.80. The van der Waals surface area contributed by atoms with Crippen LogP contribution in [0.1, 0.15) is 24.8 Å². The van der Waals surface area contributed by atoms with Gasteiger partial charge in [-0.05, 0) is 43.0 Å². The Morgan fingerprint density at radius 3 is 2.79 bits per heavy atom. The van der Waals surface area contributed by atoms with Gasteiger partial charge in [-0.1, -0.05) is 0 Å². The van der Waals surface area contributed by atoms with Crippen molar-refractivity contribution in [3.05, 3.63) is 23.8 Å². The Balaban J connectivity index is 0.00000280. The van der Waals surface area contributed by atoms with Crippen LogP contribution in [0.15, 0.2) is 18.2 Å². The summed E-state index contributed by atoms with van der Waals surface area (Å²) in [7, 11) is 3.26. The molecule has 0 aliphatic carbocycles. The van der Waals surface area contributed by atoms with Gasteiger partial charge in [0, 0.05) is 38.6 Å². The van der Waals surface area contributed by atoms with E-state index in [4.69, 9.17) is 9.47 Å². The van der Waals surface area contributed by atoms with Gasteiger partial charge in [0.25, 0.3) is 0 Å². The first-order valence-corrected chi connectivity index (χ1v) is 9.61. The van der Waals surface area contributed by atoms with Gasteiger partial charge in [0.1, 0.15) is 11.5 Å². The lowest BCUT2D eigenvalue weighted by Crippen LogP contribution is -2.57. The summed E-state index contributed by atoms with van der Waals surface area (Å²) in [6, 6.07) is 5.78. The maximum atomic E-state index is 12.8. The summed E-state index contributed by atoms with van der Waals surface area (Å²) in [4.78, 5) is 28.8. The highest BCUT2D eigenvalue weighted by Gasteiger charge is 2.31. The van der Waals surface area contributed by atoms with Gasteiger partial charge < -0.3 is 24.6 Å². The quantitative estimate of drug-likeness (QED) is 0.767. The molecule has 8 heteroatoms. The highest BCUT2D eigenvalue weighted by Crippen LogP contribution is 2.26. The monoisotopic (exact) mass is 411 g/mol. The minimum absolute atomic E-state index is 0. The van der Waals surface area contributed by atoms with Crippen LogP contribution in [0.4, 0.5) is 0 Å². The first kappa shape index (κ1) is 22.3. The Kier molecular flexibility index (Phi) is 8.38. The molecule has 28 heavy (non-hydrogen) atoms. The van der Waals surface area contributed by atoms with E-state index in [0.717, 1.165) is 49.5 Å². The molecule has 0 saturated carbocycles. The molecule has 0 spiro atoms. The standard InChI is InChI=1S/C20H29N3O4.ClH/c1-26-17-6-7-18(27-2)15(12-17)5-8-19(24)22-10-3-4-16(14-22)23-11-9-21-13-20(23)25;/h6-7,12,16,21H,3-5,8-11,13-14H2,1-2H3;1H. The first-order valence-electron chi connectivity index (χ1n) is 9.61. The number of likely N-dealkylation sites (tertiary alicyclic amines) is 1. The number of nitrogens with one attached hydrogen (secondary N) is 1. The molecule has 1 atom stereocenters. The molecule has 0 radical (unpaired) electrons. The molecule has 7 nitrogen and oxygen atoms in total. The van der Waals surface area contributed by atoms with E-state index in [1.54, 1.807) is 14.2 Å². The van der Waals surface area contributed by atoms with Crippen LogP contribution in [-0.2, 0) is 16.0 Å². The molecule has 1 aromatic rings. The number of carbonyl (C=O) groups excluding carboxylic acids is 2. The highest BCUT2D eigenvalue weighted by molar-refractivity contribution is 5.85. The summed E-state index contributed by atoms with van der Waals surface area (Å²) >= 11 is 0. The van der Waals surface area contributed by atoms with Gasteiger partial charge in [-0.15, -0.1) is 12.4 Å². The molecule has 2 aliphatic heterocycles. The lowest BCUT2D eigenvalue weighted by atomic mass is 10.0. The fourth-order valence-electron chi connectivity index (χ4n) is 3.92. The largest absolute Gasteiger partial charge is 0.497 e. The first-order chi connectivity index (χ1) is 13.1. The van der Waals surface area contributed by atoms with Gasteiger partial charge in [-0.3, -0.25) is 9.59 Å². The Hall–Kier alpha value is -1.99. The number of halogens is 1. The molecular formula is C20H30ClN3O4. The fraction of sp³-hybridized carbons (Fsp3) is 0.600. The van der Waals surface area contributed by atoms with Crippen LogP contribution in [0, 0.1) is 0 Å².